The second-order valence-corrected chi connectivity index (χ2v) is 11.5. The zero-order valence-electron chi connectivity index (χ0n) is 25.0. The van der Waals surface area contributed by atoms with E-state index in [1.54, 1.807) is 36.4 Å². The minimum Gasteiger partial charge on any atom is -0.348 e. The predicted octanol–water partition coefficient (Wildman–Crippen LogP) is 11.1. The molecule has 42 heavy (non-hydrogen) atoms. The summed E-state index contributed by atoms with van der Waals surface area (Å²) in [6, 6.07) is 12.6. The summed E-state index contributed by atoms with van der Waals surface area (Å²) in [6.45, 7) is 5.24. The molecule has 1 saturated heterocycles. The Balaban J connectivity index is 1.38. The van der Waals surface area contributed by atoms with Crippen LogP contribution in [0.4, 0.5) is 17.6 Å². The normalized spacial score (nSPS) is 17.1. The molecule has 0 bridgehead atoms. The zero-order chi connectivity index (χ0) is 29.9. The van der Waals surface area contributed by atoms with Gasteiger partial charge in [0.15, 0.2) is 29.6 Å². The highest BCUT2D eigenvalue weighted by molar-refractivity contribution is 5.71. The van der Waals surface area contributed by atoms with Crippen LogP contribution in [-0.4, -0.2) is 13.2 Å². The molecule has 0 amide bonds. The highest BCUT2D eigenvalue weighted by Gasteiger charge is 2.28. The molecule has 3 aromatic carbocycles. The van der Waals surface area contributed by atoms with Gasteiger partial charge >= 0.3 is 0 Å². The van der Waals surface area contributed by atoms with Gasteiger partial charge in [0, 0.05) is 22.6 Å². The minimum atomic E-state index is -1.00. The van der Waals surface area contributed by atoms with Crippen molar-refractivity contribution >= 4 is 0 Å². The van der Waals surface area contributed by atoms with E-state index >= 15 is 13.2 Å². The molecule has 0 spiro atoms. The van der Waals surface area contributed by atoms with Crippen molar-refractivity contribution < 1.29 is 27.0 Å². The lowest BCUT2D eigenvalue weighted by Crippen LogP contribution is -2.27. The monoisotopic (exact) mass is 584 g/mol. The summed E-state index contributed by atoms with van der Waals surface area (Å²) < 4.78 is 71.6. The lowest BCUT2D eigenvalue weighted by Gasteiger charge is -2.30. The number of unbranched alkanes of at least 4 members (excludes halogenated alkanes) is 8. The van der Waals surface area contributed by atoms with Crippen molar-refractivity contribution in [2.45, 2.75) is 97.2 Å². The number of benzene rings is 3. The third kappa shape index (κ3) is 8.23. The van der Waals surface area contributed by atoms with Crippen molar-refractivity contribution in [1.29, 1.82) is 0 Å². The van der Waals surface area contributed by atoms with E-state index < -0.39 is 29.6 Å². The highest BCUT2D eigenvalue weighted by Crippen LogP contribution is 2.35. The van der Waals surface area contributed by atoms with E-state index in [2.05, 4.69) is 13.8 Å². The standard InChI is InChI=1S/C36H44F4O2/c1-3-5-7-8-9-10-12-14-28-19-20-29(33(38)32(28)37)26-15-17-27(18-16-26)30-21-22-31(35(40)34(30)39)36-41-23-25(24-42-36)13-11-6-4-2/h15-22,25,36H,3-14,23-24H2,1-2H3. The Labute approximate surface area is 248 Å². The summed E-state index contributed by atoms with van der Waals surface area (Å²) in [5, 5.41) is 0. The van der Waals surface area contributed by atoms with Gasteiger partial charge in [0.2, 0.25) is 0 Å². The van der Waals surface area contributed by atoms with Gasteiger partial charge in [-0.15, -0.1) is 0 Å². The quantitative estimate of drug-likeness (QED) is 0.131. The van der Waals surface area contributed by atoms with E-state index in [9.17, 15) is 4.39 Å². The molecule has 4 rings (SSSR count). The Bertz CT molecular complexity index is 1270. The summed E-state index contributed by atoms with van der Waals surface area (Å²) in [5.41, 5.74) is 1.54. The number of hydrogen-bond acceptors (Lipinski definition) is 2. The maximum Gasteiger partial charge on any atom is 0.186 e. The highest BCUT2D eigenvalue weighted by atomic mass is 19.2. The van der Waals surface area contributed by atoms with Crippen LogP contribution in [0.25, 0.3) is 22.3 Å². The van der Waals surface area contributed by atoms with Gasteiger partial charge in [-0.3, -0.25) is 0 Å². The number of rotatable bonds is 15. The van der Waals surface area contributed by atoms with E-state index in [1.165, 1.54) is 37.8 Å². The average molecular weight is 585 g/mol. The van der Waals surface area contributed by atoms with Crippen LogP contribution in [-0.2, 0) is 15.9 Å². The molecule has 0 N–H and O–H groups in total. The van der Waals surface area contributed by atoms with E-state index in [4.69, 9.17) is 9.47 Å². The van der Waals surface area contributed by atoms with Crippen LogP contribution in [0.3, 0.4) is 0 Å². The SMILES string of the molecule is CCCCCCCCCc1ccc(-c2ccc(-c3ccc(C4OCC(CCCCC)CO4)c(F)c3F)cc2)c(F)c1F. The molecule has 1 aliphatic rings. The Morgan fingerprint density at radius 1 is 0.571 bits per heavy atom. The fourth-order valence-corrected chi connectivity index (χ4v) is 5.65. The minimum absolute atomic E-state index is 0.0361. The van der Waals surface area contributed by atoms with Crippen molar-refractivity contribution in [2.75, 3.05) is 13.2 Å². The fraction of sp³-hybridized carbons (Fsp3) is 0.500. The third-order valence-corrected chi connectivity index (χ3v) is 8.27. The number of aryl methyl sites for hydroxylation is 1. The van der Waals surface area contributed by atoms with Crippen molar-refractivity contribution in [1.82, 2.24) is 0 Å². The molecular formula is C36H44F4O2. The van der Waals surface area contributed by atoms with Gasteiger partial charge in [-0.05, 0) is 36.0 Å². The van der Waals surface area contributed by atoms with Gasteiger partial charge in [-0.2, -0.15) is 0 Å². The van der Waals surface area contributed by atoms with Crippen LogP contribution in [0, 0.1) is 29.2 Å². The molecule has 6 heteroatoms. The zero-order valence-corrected chi connectivity index (χ0v) is 25.0. The van der Waals surface area contributed by atoms with Gasteiger partial charge in [-0.1, -0.05) is 120 Å². The van der Waals surface area contributed by atoms with Crippen LogP contribution in [0.2, 0.25) is 0 Å². The lowest BCUT2D eigenvalue weighted by molar-refractivity contribution is -0.207. The van der Waals surface area contributed by atoms with E-state index in [0.29, 0.717) is 36.3 Å². The molecular weight excluding hydrogens is 540 g/mol. The summed E-state index contributed by atoms with van der Waals surface area (Å²) in [5.74, 6) is -3.44. The molecule has 2 nitrogen and oxygen atoms in total. The van der Waals surface area contributed by atoms with Crippen molar-refractivity contribution in [3.8, 4) is 22.3 Å². The first kappa shape index (κ1) is 32.2. The molecule has 0 radical (unpaired) electrons. The lowest BCUT2D eigenvalue weighted by atomic mass is 9.96. The Kier molecular flexibility index (Phi) is 12.4. The number of hydrogen-bond donors (Lipinski definition) is 0. The molecule has 0 unspecified atom stereocenters. The fourth-order valence-electron chi connectivity index (χ4n) is 5.65. The molecule has 228 valence electrons. The summed E-state index contributed by atoms with van der Waals surface area (Å²) in [6.07, 6.45) is 11.8. The topological polar surface area (TPSA) is 18.5 Å². The molecule has 1 aliphatic heterocycles. The van der Waals surface area contributed by atoms with Gasteiger partial charge in [0.1, 0.15) is 0 Å². The predicted molar refractivity (Wildman–Crippen MR) is 161 cm³/mol. The summed E-state index contributed by atoms with van der Waals surface area (Å²) in [7, 11) is 0. The van der Waals surface area contributed by atoms with E-state index in [0.717, 1.165) is 44.9 Å². The molecule has 0 aromatic heterocycles. The number of halogens is 4. The van der Waals surface area contributed by atoms with Gasteiger partial charge in [-0.25, -0.2) is 17.6 Å². The molecule has 0 saturated carbocycles. The largest absolute Gasteiger partial charge is 0.348 e. The smallest absolute Gasteiger partial charge is 0.186 e. The van der Waals surface area contributed by atoms with E-state index in [1.807, 2.05) is 0 Å². The molecule has 0 atom stereocenters. The van der Waals surface area contributed by atoms with Crippen LogP contribution in [0.15, 0.2) is 48.5 Å². The van der Waals surface area contributed by atoms with Crippen molar-refractivity contribution in [3.05, 3.63) is 82.9 Å². The second kappa shape index (κ2) is 16.2. The number of ether oxygens (including phenoxy) is 2. The van der Waals surface area contributed by atoms with Crippen LogP contribution < -0.4 is 0 Å². The van der Waals surface area contributed by atoms with Gasteiger partial charge in [0.05, 0.1) is 13.2 Å². The van der Waals surface area contributed by atoms with Gasteiger partial charge < -0.3 is 9.47 Å². The van der Waals surface area contributed by atoms with E-state index in [-0.39, 0.29) is 22.6 Å². The van der Waals surface area contributed by atoms with Gasteiger partial charge in [0.25, 0.3) is 0 Å². The van der Waals surface area contributed by atoms with Crippen molar-refractivity contribution in [2.24, 2.45) is 5.92 Å². The summed E-state index contributed by atoms with van der Waals surface area (Å²) in [4.78, 5) is 0. The molecule has 1 fully saturated rings. The first-order valence-electron chi connectivity index (χ1n) is 15.7. The maximum atomic E-state index is 15.2. The van der Waals surface area contributed by atoms with Crippen molar-refractivity contribution in [3.63, 3.8) is 0 Å². The molecule has 1 heterocycles. The Morgan fingerprint density at radius 3 is 1.71 bits per heavy atom. The second-order valence-electron chi connectivity index (χ2n) is 11.5. The van der Waals surface area contributed by atoms with Crippen LogP contribution >= 0.6 is 0 Å². The summed E-state index contributed by atoms with van der Waals surface area (Å²) >= 11 is 0. The Hall–Kier alpha value is -2.70. The molecule has 0 aliphatic carbocycles. The average Bonchev–Trinajstić information content (AvgIpc) is 3.01. The first-order valence-corrected chi connectivity index (χ1v) is 15.7. The Morgan fingerprint density at radius 2 is 1.10 bits per heavy atom. The third-order valence-electron chi connectivity index (χ3n) is 8.27. The molecule has 3 aromatic rings. The first-order chi connectivity index (χ1) is 20.4. The van der Waals surface area contributed by atoms with Crippen LogP contribution in [0.5, 0.6) is 0 Å². The maximum absolute atomic E-state index is 15.2. The van der Waals surface area contributed by atoms with Crippen LogP contribution in [0.1, 0.15) is 102 Å².